The number of halogens is 2. The van der Waals surface area contributed by atoms with E-state index in [4.69, 9.17) is 28.9 Å². The summed E-state index contributed by atoms with van der Waals surface area (Å²) in [5.41, 5.74) is 6.88. The van der Waals surface area contributed by atoms with Gasteiger partial charge in [-0.2, -0.15) is 9.97 Å². The predicted octanol–water partition coefficient (Wildman–Crippen LogP) is 12.5. The molecule has 13 heteroatoms. The highest BCUT2D eigenvalue weighted by Gasteiger charge is 2.47. The molecule has 3 fully saturated rings. The molecular weight excluding hydrogens is 863 g/mol. The summed E-state index contributed by atoms with van der Waals surface area (Å²) >= 11 is 0. The van der Waals surface area contributed by atoms with E-state index < -0.39 is 28.0 Å². The van der Waals surface area contributed by atoms with Gasteiger partial charge in [-0.1, -0.05) is 114 Å². The highest BCUT2D eigenvalue weighted by Crippen LogP contribution is 2.47. The van der Waals surface area contributed by atoms with Crippen LogP contribution in [0.4, 0.5) is 14.6 Å². The van der Waals surface area contributed by atoms with Gasteiger partial charge in [-0.15, -0.1) is 5.54 Å². The molecule has 9 nitrogen and oxygen atoms in total. The number of piperidine rings is 1. The van der Waals surface area contributed by atoms with E-state index in [1.54, 1.807) is 13.2 Å². The number of pyridine rings is 1. The number of benzene rings is 2. The molecule has 0 amide bonds. The van der Waals surface area contributed by atoms with Gasteiger partial charge in [0.2, 0.25) is 5.88 Å². The average Bonchev–Trinajstić information content (AvgIpc) is 3.59. The van der Waals surface area contributed by atoms with Crippen LogP contribution in [0.5, 0.6) is 17.6 Å². The molecule has 0 aliphatic carbocycles. The van der Waals surface area contributed by atoms with Gasteiger partial charge < -0.3 is 29.0 Å². The van der Waals surface area contributed by atoms with Crippen LogP contribution in [0, 0.1) is 28.5 Å². The van der Waals surface area contributed by atoms with E-state index in [1.807, 2.05) is 12.1 Å². The lowest BCUT2D eigenvalue weighted by Crippen LogP contribution is -2.51. The van der Waals surface area contributed by atoms with Gasteiger partial charge >= 0.3 is 6.01 Å². The summed E-state index contributed by atoms with van der Waals surface area (Å²) in [6.45, 7) is 36.8. The highest BCUT2D eigenvalue weighted by atomic mass is 28.4. The molecule has 1 N–H and O–H groups in total. The lowest BCUT2D eigenvalue weighted by molar-refractivity contribution is 0.112. The Bertz CT molecular complexity index is 2480. The van der Waals surface area contributed by atoms with Crippen molar-refractivity contribution in [3.05, 3.63) is 53.6 Å². The number of piperazine rings is 1. The molecule has 3 saturated heterocycles. The van der Waals surface area contributed by atoms with Crippen molar-refractivity contribution in [1.82, 2.24) is 25.2 Å². The zero-order chi connectivity index (χ0) is 48.2. The second kappa shape index (κ2) is 19.1. The van der Waals surface area contributed by atoms with Crippen LogP contribution in [0.1, 0.15) is 115 Å². The predicted molar refractivity (Wildman–Crippen MR) is 273 cm³/mol. The summed E-state index contributed by atoms with van der Waals surface area (Å²) in [6.07, 6.45) is 2.96. The topological polar surface area (TPSA) is 84.9 Å². The van der Waals surface area contributed by atoms with Crippen LogP contribution in [0.3, 0.4) is 0 Å². The van der Waals surface area contributed by atoms with Gasteiger partial charge in [0, 0.05) is 54.6 Å². The van der Waals surface area contributed by atoms with Crippen LogP contribution in [0.25, 0.3) is 32.9 Å². The molecule has 358 valence electrons. The van der Waals surface area contributed by atoms with E-state index in [2.05, 4.69) is 130 Å². The Morgan fingerprint density at radius 2 is 1.48 bits per heavy atom. The number of hydrogen-bond donors (Lipinski definition) is 1. The first-order valence-corrected chi connectivity index (χ1v) is 28.9. The fourth-order valence-corrected chi connectivity index (χ4v) is 22.9. The Kier molecular flexibility index (Phi) is 14.4. The third kappa shape index (κ3) is 8.89. The number of methoxy groups -OCH3 is 1. The molecule has 7 rings (SSSR count). The minimum atomic E-state index is -2.53. The number of aromatic nitrogens is 3. The molecule has 2 aromatic carbocycles. The number of likely N-dealkylation sites (tertiary alicyclic amines) is 1. The van der Waals surface area contributed by atoms with Gasteiger partial charge in [0.25, 0.3) is 8.32 Å². The normalized spacial score (nSPS) is 20.8. The number of nitrogens with zero attached hydrogens (tertiary/aromatic N) is 5. The number of hydrogen-bond acceptors (Lipinski definition) is 9. The van der Waals surface area contributed by atoms with Crippen molar-refractivity contribution in [2.24, 2.45) is 5.41 Å². The van der Waals surface area contributed by atoms with Gasteiger partial charge in [0.1, 0.15) is 48.7 Å². The third-order valence-corrected chi connectivity index (χ3v) is 28.1. The van der Waals surface area contributed by atoms with Crippen molar-refractivity contribution in [2.75, 3.05) is 51.8 Å². The maximum Gasteiger partial charge on any atom is 0.319 e. The summed E-state index contributed by atoms with van der Waals surface area (Å²) in [5, 5.41) is 5.25. The van der Waals surface area contributed by atoms with Crippen molar-refractivity contribution in [1.29, 1.82) is 0 Å². The van der Waals surface area contributed by atoms with Crippen LogP contribution >= 0.6 is 0 Å². The van der Waals surface area contributed by atoms with Crippen molar-refractivity contribution in [3.8, 4) is 40.4 Å². The Hall–Kier alpha value is -4.10. The van der Waals surface area contributed by atoms with Gasteiger partial charge in [-0.25, -0.2) is 13.8 Å². The van der Waals surface area contributed by atoms with Crippen LogP contribution in [-0.4, -0.2) is 95.3 Å². The second-order valence-electron chi connectivity index (χ2n) is 21.9. The summed E-state index contributed by atoms with van der Waals surface area (Å²) in [5.74, 6) is 3.59. The number of rotatable bonds is 14. The zero-order valence-electron chi connectivity index (χ0n) is 42.5. The van der Waals surface area contributed by atoms with Crippen molar-refractivity contribution < 1.29 is 22.7 Å². The molecule has 3 aliphatic rings. The minimum Gasteiger partial charge on any atom is -0.543 e. The summed E-state index contributed by atoms with van der Waals surface area (Å²) in [6, 6.07) is 7.69. The minimum absolute atomic E-state index is 0.0251. The fourth-order valence-electron chi connectivity index (χ4n) is 12.4. The molecule has 0 unspecified atom stereocenters. The van der Waals surface area contributed by atoms with E-state index in [1.165, 1.54) is 6.07 Å². The summed E-state index contributed by atoms with van der Waals surface area (Å²) < 4.78 is 55.2. The van der Waals surface area contributed by atoms with Crippen molar-refractivity contribution >= 4 is 43.9 Å². The molecule has 0 saturated carbocycles. The Morgan fingerprint density at radius 1 is 0.864 bits per heavy atom. The van der Waals surface area contributed by atoms with Gasteiger partial charge in [-0.05, 0) is 83.1 Å². The first-order chi connectivity index (χ1) is 31.1. The van der Waals surface area contributed by atoms with E-state index in [-0.39, 0.29) is 69.4 Å². The molecule has 3 aliphatic heterocycles. The van der Waals surface area contributed by atoms with Crippen molar-refractivity contribution in [3.63, 3.8) is 0 Å². The van der Waals surface area contributed by atoms with Crippen LogP contribution in [0.15, 0.2) is 36.4 Å². The maximum atomic E-state index is 18.4. The Morgan fingerprint density at radius 3 is 2.06 bits per heavy atom. The highest BCUT2D eigenvalue weighted by molar-refractivity contribution is 6.90. The Balaban J connectivity index is 1.53. The van der Waals surface area contributed by atoms with Crippen LogP contribution in [0.2, 0.25) is 33.2 Å². The first kappa shape index (κ1) is 49.8. The van der Waals surface area contributed by atoms with Gasteiger partial charge in [-0.3, -0.25) is 0 Å². The SMILES string of the molecule is C=C1CCN(C)C[C@@]1(C)COc1nc(N2C[C@H]3CC[C@@H](C2)N3)c2c(OC)nc(-c3cc(O[Si](C(C)C)(C(C)C)C(C)C)cc4ccc(F)c(C#C[Si](C(C)C)(C(C)C)C(C)C)c34)c(F)c2n1. The molecule has 0 radical (unpaired) electrons. The van der Waals surface area contributed by atoms with E-state index in [9.17, 15) is 0 Å². The number of ether oxygens (including phenoxy) is 2. The molecule has 5 heterocycles. The van der Waals surface area contributed by atoms with Crippen LogP contribution < -0.4 is 24.1 Å². The largest absolute Gasteiger partial charge is 0.543 e. The standard InChI is InChI=1S/C53H76F2N6O3Si2/c1-31(2)65(32(3)4,33(5)6)24-22-42-44(54)20-17-38-25-41(64-66(34(7)8,35(9)10)36(11)12)26-43(45(38)42)48-47(55)49-46(51(57-48)62-16)50(61-27-39-18-19-40(28-61)56-39)59-52(58-49)63-30-53(14)29-60(15)23-21-37(53)13/h17,20,25-26,31-36,39-40,56H,13,18-19,21,23,27-30H2,1-12,14-16H3/t39-,40+,53-/m0/s1. The monoisotopic (exact) mass is 939 g/mol. The van der Waals surface area contributed by atoms with Crippen molar-refractivity contribution in [2.45, 2.75) is 155 Å². The fraction of sp³-hybridized carbons (Fsp3) is 0.604. The summed E-state index contributed by atoms with van der Waals surface area (Å²) in [7, 11) is -1.22. The average molecular weight is 939 g/mol. The lowest BCUT2D eigenvalue weighted by Gasteiger charge is -2.42. The van der Waals surface area contributed by atoms with Crippen LogP contribution in [-0.2, 0) is 0 Å². The smallest absolute Gasteiger partial charge is 0.319 e. The summed E-state index contributed by atoms with van der Waals surface area (Å²) in [4.78, 5) is 19.5. The maximum absolute atomic E-state index is 18.4. The molecule has 0 spiro atoms. The molecule has 4 aromatic rings. The van der Waals surface area contributed by atoms with E-state index >= 15 is 8.78 Å². The number of fused-ring (bicyclic) bond motifs is 4. The molecule has 2 aromatic heterocycles. The second-order valence-corrected chi connectivity index (χ2v) is 32.8. The van der Waals surface area contributed by atoms with Gasteiger partial charge in [0.15, 0.2) is 5.82 Å². The Labute approximate surface area is 396 Å². The molecule has 66 heavy (non-hydrogen) atoms. The molecule has 3 atom stereocenters. The third-order valence-electron chi connectivity index (χ3n) is 15.8. The number of nitrogens with one attached hydrogen (secondary N) is 1. The quantitative estimate of drug-likeness (QED) is 0.0755. The zero-order valence-corrected chi connectivity index (χ0v) is 44.5. The lowest BCUT2D eigenvalue weighted by atomic mass is 9.79. The first-order valence-electron chi connectivity index (χ1n) is 24.5. The van der Waals surface area contributed by atoms with Gasteiger partial charge in [0.05, 0.1) is 12.7 Å². The van der Waals surface area contributed by atoms with E-state index in [0.717, 1.165) is 37.9 Å². The molecular formula is C53H76F2N6O3Si2. The molecule has 2 bridgehead atoms. The van der Waals surface area contributed by atoms with E-state index in [0.29, 0.717) is 63.0 Å². The number of anilines is 1.